The molecule has 1 rings (SSSR count). The number of nitrogens with zero attached hydrogens (tertiary/aromatic N) is 1. The van der Waals surface area contributed by atoms with Crippen LogP contribution in [0.3, 0.4) is 0 Å². The zero-order valence-electron chi connectivity index (χ0n) is 12.5. The minimum Gasteiger partial charge on any atom is -0.387 e. The molecule has 0 aromatic heterocycles. The third-order valence-electron chi connectivity index (χ3n) is 3.23. The second kappa shape index (κ2) is 7.76. The molecular weight excluding hydrogens is 274 g/mol. The quantitative estimate of drug-likeness (QED) is 0.793. The molecule has 0 saturated carbocycles. The molecule has 1 aromatic carbocycles. The van der Waals surface area contributed by atoms with Crippen molar-refractivity contribution in [2.75, 3.05) is 32.1 Å². The Labute approximate surface area is 122 Å². The maximum absolute atomic E-state index is 11.1. The van der Waals surface area contributed by atoms with Crippen molar-refractivity contribution in [1.29, 1.82) is 0 Å². The maximum Gasteiger partial charge on any atom is 0.148 e. The molecule has 0 saturated heterocycles. The van der Waals surface area contributed by atoms with Crippen LogP contribution < -0.4 is 0 Å². The van der Waals surface area contributed by atoms with E-state index in [0.717, 1.165) is 18.4 Å². The second-order valence-corrected chi connectivity index (χ2v) is 7.66. The van der Waals surface area contributed by atoms with Crippen LogP contribution in [0.4, 0.5) is 0 Å². The Balaban J connectivity index is 2.50. The molecule has 114 valence electrons. The van der Waals surface area contributed by atoms with E-state index in [-0.39, 0.29) is 5.75 Å². The van der Waals surface area contributed by atoms with Gasteiger partial charge in [0.1, 0.15) is 9.84 Å². The van der Waals surface area contributed by atoms with Crippen LogP contribution in [0.15, 0.2) is 24.3 Å². The summed E-state index contributed by atoms with van der Waals surface area (Å²) in [6.07, 6.45) is 2.79. The fourth-order valence-electron chi connectivity index (χ4n) is 2.01. The van der Waals surface area contributed by atoms with Crippen molar-refractivity contribution in [3.05, 3.63) is 35.4 Å². The lowest BCUT2D eigenvalue weighted by atomic mass is 10.0. The highest BCUT2D eigenvalue weighted by atomic mass is 32.2. The molecule has 1 atom stereocenters. The summed E-state index contributed by atoms with van der Waals surface area (Å²) in [4.78, 5) is 1.84. The van der Waals surface area contributed by atoms with E-state index in [1.807, 2.05) is 36.2 Å². The van der Waals surface area contributed by atoms with E-state index < -0.39 is 15.9 Å². The number of aryl methyl sites for hydroxylation is 1. The summed E-state index contributed by atoms with van der Waals surface area (Å²) in [7, 11) is -1.14. The monoisotopic (exact) mass is 299 g/mol. The number of likely N-dealkylation sites (N-methyl/N-ethyl adjacent to an activating group) is 1. The number of sulfone groups is 1. The van der Waals surface area contributed by atoms with Gasteiger partial charge in [-0.05, 0) is 24.6 Å². The van der Waals surface area contributed by atoms with Gasteiger partial charge in [0.05, 0.1) is 11.9 Å². The van der Waals surface area contributed by atoms with E-state index in [1.54, 1.807) is 0 Å². The minimum atomic E-state index is -2.95. The molecule has 0 heterocycles. The summed E-state index contributed by atoms with van der Waals surface area (Å²) >= 11 is 0. The molecule has 1 unspecified atom stereocenters. The molecule has 4 nitrogen and oxygen atoms in total. The molecule has 1 N–H and O–H groups in total. The van der Waals surface area contributed by atoms with E-state index in [0.29, 0.717) is 13.1 Å². The van der Waals surface area contributed by atoms with Crippen molar-refractivity contribution in [1.82, 2.24) is 4.90 Å². The number of rotatable bonds is 8. The predicted octanol–water partition coefficient (Wildman–Crippen LogP) is 1.65. The Kier molecular flexibility index (Phi) is 6.65. The minimum absolute atomic E-state index is 0.117. The summed E-state index contributed by atoms with van der Waals surface area (Å²) in [5.74, 6) is 0.117. The van der Waals surface area contributed by atoms with Crippen LogP contribution in [0.25, 0.3) is 0 Å². The molecule has 0 aliphatic heterocycles. The molecule has 0 bridgehead atoms. The SMILES string of the molecule is CCCc1ccc(C(O)CN(C)CCS(C)(=O)=O)cc1. The molecule has 0 aliphatic rings. The van der Waals surface area contributed by atoms with Crippen LogP contribution in [-0.4, -0.2) is 50.6 Å². The van der Waals surface area contributed by atoms with E-state index in [9.17, 15) is 13.5 Å². The van der Waals surface area contributed by atoms with Gasteiger partial charge in [-0.3, -0.25) is 0 Å². The van der Waals surface area contributed by atoms with Crippen molar-refractivity contribution in [3.63, 3.8) is 0 Å². The fourth-order valence-corrected chi connectivity index (χ4v) is 2.65. The molecule has 0 aliphatic carbocycles. The first-order chi connectivity index (χ1) is 9.31. The van der Waals surface area contributed by atoms with Crippen molar-refractivity contribution in [3.8, 4) is 0 Å². The maximum atomic E-state index is 11.1. The first-order valence-electron chi connectivity index (χ1n) is 6.95. The third kappa shape index (κ3) is 6.50. The molecule has 0 spiro atoms. The zero-order chi connectivity index (χ0) is 15.2. The van der Waals surface area contributed by atoms with Gasteiger partial charge < -0.3 is 10.0 Å². The third-order valence-corrected chi connectivity index (χ3v) is 4.16. The molecule has 1 aromatic rings. The lowest BCUT2D eigenvalue weighted by molar-refractivity contribution is 0.130. The van der Waals surface area contributed by atoms with Gasteiger partial charge in [0.25, 0.3) is 0 Å². The Morgan fingerprint density at radius 1 is 1.25 bits per heavy atom. The number of hydrogen-bond acceptors (Lipinski definition) is 4. The smallest absolute Gasteiger partial charge is 0.148 e. The summed E-state index contributed by atoms with van der Waals surface area (Å²) in [6, 6.07) is 7.97. The van der Waals surface area contributed by atoms with Gasteiger partial charge in [-0.25, -0.2) is 8.42 Å². The van der Waals surface area contributed by atoms with Crippen LogP contribution >= 0.6 is 0 Å². The lowest BCUT2D eigenvalue weighted by Gasteiger charge is -2.20. The highest BCUT2D eigenvalue weighted by molar-refractivity contribution is 7.90. The summed E-state index contributed by atoms with van der Waals surface area (Å²) in [6.45, 7) is 3.01. The van der Waals surface area contributed by atoms with Gasteiger partial charge in [0.15, 0.2) is 0 Å². The van der Waals surface area contributed by atoms with Crippen LogP contribution in [0.5, 0.6) is 0 Å². The van der Waals surface area contributed by atoms with E-state index in [1.165, 1.54) is 11.8 Å². The summed E-state index contributed by atoms with van der Waals surface area (Å²) < 4.78 is 22.2. The number of benzene rings is 1. The van der Waals surface area contributed by atoms with Crippen LogP contribution in [-0.2, 0) is 16.3 Å². The first kappa shape index (κ1) is 17.1. The highest BCUT2D eigenvalue weighted by Crippen LogP contribution is 2.15. The van der Waals surface area contributed by atoms with Crippen LogP contribution in [0, 0.1) is 0 Å². The van der Waals surface area contributed by atoms with Gasteiger partial charge in [-0.1, -0.05) is 37.6 Å². The molecule has 5 heteroatoms. The van der Waals surface area contributed by atoms with E-state index in [4.69, 9.17) is 0 Å². The summed E-state index contributed by atoms with van der Waals surface area (Å²) in [5.41, 5.74) is 2.14. The van der Waals surface area contributed by atoms with Gasteiger partial charge in [0.2, 0.25) is 0 Å². The highest BCUT2D eigenvalue weighted by Gasteiger charge is 2.12. The number of aliphatic hydroxyl groups is 1. The van der Waals surface area contributed by atoms with Gasteiger partial charge in [-0.2, -0.15) is 0 Å². The second-order valence-electron chi connectivity index (χ2n) is 5.40. The summed E-state index contributed by atoms with van der Waals surface area (Å²) in [5, 5.41) is 10.2. The van der Waals surface area contributed by atoms with Gasteiger partial charge >= 0.3 is 0 Å². The van der Waals surface area contributed by atoms with Crippen LogP contribution in [0.2, 0.25) is 0 Å². The largest absolute Gasteiger partial charge is 0.387 e. The lowest BCUT2D eigenvalue weighted by Crippen LogP contribution is -2.29. The Morgan fingerprint density at radius 3 is 2.35 bits per heavy atom. The van der Waals surface area contributed by atoms with Gasteiger partial charge in [-0.15, -0.1) is 0 Å². The van der Waals surface area contributed by atoms with Crippen molar-refractivity contribution < 1.29 is 13.5 Å². The fraction of sp³-hybridized carbons (Fsp3) is 0.600. The first-order valence-corrected chi connectivity index (χ1v) is 9.01. The van der Waals surface area contributed by atoms with Gasteiger partial charge in [0, 0.05) is 19.3 Å². The Hall–Kier alpha value is -0.910. The normalized spacial score (nSPS) is 13.7. The molecule has 20 heavy (non-hydrogen) atoms. The van der Waals surface area contributed by atoms with E-state index >= 15 is 0 Å². The predicted molar refractivity (Wildman–Crippen MR) is 82.6 cm³/mol. The molecular formula is C15H25NO3S. The molecule has 0 radical (unpaired) electrons. The van der Waals surface area contributed by atoms with E-state index in [2.05, 4.69) is 6.92 Å². The standard InChI is InChI=1S/C15H25NO3S/c1-4-5-13-6-8-14(9-7-13)15(17)12-16(2)10-11-20(3,18)19/h6-9,15,17H,4-5,10-12H2,1-3H3. The van der Waals surface area contributed by atoms with Crippen molar-refractivity contribution in [2.24, 2.45) is 0 Å². The average Bonchev–Trinajstić information content (AvgIpc) is 2.37. The zero-order valence-corrected chi connectivity index (χ0v) is 13.4. The Morgan fingerprint density at radius 2 is 1.85 bits per heavy atom. The Bertz CT molecular complexity index is 496. The van der Waals surface area contributed by atoms with Crippen molar-refractivity contribution in [2.45, 2.75) is 25.9 Å². The molecule has 0 amide bonds. The average molecular weight is 299 g/mol. The van der Waals surface area contributed by atoms with Crippen molar-refractivity contribution >= 4 is 9.84 Å². The number of aliphatic hydroxyl groups excluding tert-OH is 1. The molecule has 0 fully saturated rings. The number of hydrogen-bond donors (Lipinski definition) is 1. The topological polar surface area (TPSA) is 57.6 Å². The van der Waals surface area contributed by atoms with Crippen LogP contribution in [0.1, 0.15) is 30.6 Å².